The topological polar surface area (TPSA) is 20.2 Å². The third-order valence-corrected chi connectivity index (χ3v) is 2.53. The summed E-state index contributed by atoms with van der Waals surface area (Å²) in [7, 11) is 0. The fourth-order valence-electron chi connectivity index (χ4n) is 1.67. The van der Waals surface area contributed by atoms with Gasteiger partial charge in [-0.25, -0.2) is 0 Å². The van der Waals surface area contributed by atoms with Crippen LogP contribution in [0.25, 0.3) is 0 Å². The highest BCUT2D eigenvalue weighted by atomic mass is 16.3. The number of aliphatic hydroxyl groups is 1. The molecule has 0 aromatic rings. The van der Waals surface area contributed by atoms with E-state index in [1.807, 2.05) is 0 Å². The largest absolute Gasteiger partial charge is 0.388 e. The van der Waals surface area contributed by atoms with Gasteiger partial charge >= 0.3 is 0 Å². The van der Waals surface area contributed by atoms with Crippen LogP contribution in [0.2, 0.25) is 0 Å². The molecule has 0 bridgehead atoms. The Balaban J connectivity index is 2.71. The molecule has 0 saturated heterocycles. The van der Waals surface area contributed by atoms with E-state index in [0.29, 0.717) is 0 Å². The van der Waals surface area contributed by atoms with E-state index >= 15 is 0 Å². The first-order chi connectivity index (χ1) is 5.16. The second-order valence-corrected chi connectivity index (χ2v) is 3.28. The molecule has 11 heavy (non-hydrogen) atoms. The predicted octanol–water partition coefficient (Wildman–Crippen LogP) is 2.28. The molecule has 1 saturated carbocycles. The zero-order chi connectivity index (χ0) is 8.43. The van der Waals surface area contributed by atoms with E-state index in [1.165, 1.54) is 5.57 Å². The second kappa shape index (κ2) is 3.22. The third kappa shape index (κ3) is 1.54. The maximum Gasteiger partial charge on any atom is 0.0812 e. The van der Waals surface area contributed by atoms with Crippen molar-refractivity contribution in [3.8, 4) is 0 Å². The normalized spacial score (nSPS) is 32.5. The first kappa shape index (κ1) is 8.54. The minimum absolute atomic E-state index is 0.260. The summed E-state index contributed by atoms with van der Waals surface area (Å²) in [5.74, 6) is 0.260. The Kier molecular flexibility index (Phi) is 2.50. The summed E-state index contributed by atoms with van der Waals surface area (Å²) in [6.07, 6.45) is 2.56. The van der Waals surface area contributed by atoms with E-state index in [4.69, 9.17) is 0 Å². The maximum atomic E-state index is 9.65. The van der Waals surface area contributed by atoms with Gasteiger partial charge in [0.15, 0.2) is 0 Å². The monoisotopic (exact) mass is 152 g/mol. The summed E-state index contributed by atoms with van der Waals surface area (Å²) in [4.78, 5) is 0. The number of aliphatic hydroxyl groups excluding tert-OH is 1. The highest BCUT2D eigenvalue weighted by molar-refractivity contribution is 5.19. The summed E-state index contributed by atoms with van der Waals surface area (Å²) in [6.45, 7) is 9.87. The lowest BCUT2D eigenvalue weighted by Gasteiger charge is -2.30. The van der Waals surface area contributed by atoms with Crippen molar-refractivity contribution in [2.24, 2.45) is 5.92 Å². The lowest BCUT2D eigenvalue weighted by atomic mass is 9.79. The first-order valence-corrected chi connectivity index (χ1v) is 4.20. The first-order valence-electron chi connectivity index (χ1n) is 4.20. The van der Waals surface area contributed by atoms with Crippen molar-refractivity contribution in [1.82, 2.24) is 0 Å². The van der Waals surface area contributed by atoms with E-state index < -0.39 is 0 Å². The van der Waals surface area contributed by atoms with Crippen LogP contribution in [-0.4, -0.2) is 11.2 Å². The average Bonchev–Trinajstić information content (AvgIpc) is 1.99. The zero-order valence-electron chi connectivity index (χ0n) is 7.14. The highest BCUT2D eigenvalue weighted by Crippen LogP contribution is 2.33. The van der Waals surface area contributed by atoms with Crippen molar-refractivity contribution in [2.75, 3.05) is 0 Å². The molecule has 0 heterocycles. The van der Waals surface area contributed by atoms with Gasteiger partial charge < -0.3 is 5.11 Å². The van der Waals surface area contributed by atoms with Crippen molar-refractivity contribution >= 4 is 0 Å². The summed E-state index contributed by atoms with van der Waals surface area (Å²) in [6, 6.07) is 0. The van der Waals surface area contributed by atoms with Gasteiger partial charge in [0, 0.05) is 5.92 Å². The second-order valence-electron chi connectivity index (χ2n) is 3.28. The molecule has 0 aromatic carbocycles. The molecule has 1 nitrogen and oxygen atoms in total. The molecule has 0 aliphatic heterocycles. The molecule has 1 fully saturated rings. The van der Waals surface area contributed by atoms with E-state index in [9.17, 15) is 5.11 Å². The zero-order valence-corrected chi connectivity index (χ0v) is 7.14. The van der Waals surface area contributed by atoms with E-state index in [1.54, 1.807) is 0 Å². The summed E-state index contributed by atoms with van der Waals surface area (Å²) in [5.41, 5.74) is 2.16. The van der Waals surface area contributed by atoms with Crippen LogP contribution in [-0.2, 0) is 0 Å². The van der Waals surface area contributed by atoms with Crippen molar-refractivity contribution < 1.29 is 5.11 Å². The Morgan fingerprint density at radius 1 is 1.36 bits per heavy atom. The van der Waals surface area contributed by atoms with Gasteiger partial charge in [0.2, 0.25) is 0 Å². The quantitative estimate of drug-likeness (QED) is 0.571. The minimum Gasteiger partial charge on any atom is -0.388 e. The third-order valence-electron chi connectivity index (χ3n) is 2.53. The smallest absolute Gasteiger partial charge is 0.0812 e. The summed E-state index contributed by atoms with van der Waals surface area (Å²) in [5, 5.41) is 9.65. The Hall–Kier alpha value is -0.560. The van der Waals surface area contributed by atoms with Crippen LogP contribution >= 0.6 is 0 Å². The molecule has 1 heteroatoms. The van der Waals surface area contributed by atoms with Gasteiger partial charge in [-0.05, 0) is 24.8 Å². The van der Waals surface area contributed by atoms with Gasteiger partial charge in [-0.1, -0.05) is 25.7 Å². The lowest BCUT2D eigenvalue weighted by Crippen LogP contribution is -2.27. The van der Waals surface area contributed by atoms with Crippen LogP contribution in [0.1, 0.15) is 26.2 Å². The van der Waals surface area contributed by atoms with Gasteiger partial charge in [-0.3, -0.25) is 0 Å². The van der Waals surface area contributed by atoms with Gasteiger partial charge in [0.1, 0.15) is 0 Å². The molecule has 0 aromatic heterocycles. The van der Waals surface area contributed by atoms with Crippen LogP contribution in [0.3, 0.4) is 0 Å². The molecule has 1 rings (SSSR count). The van der Waals surface area contributed by atoms with Gasteiger partial charge in [-0.2, -0.15) is 0 Å². The van der Waals surface area contributed by atoms with Gasteiger partial charge in [0.25, 0.3) is 0 Å². The van der Waals surface area contributed by atoms with Gasteiger partial charge in [-0.15, -0.1) is 0 Å². The van der Waals surface area contributed by atoms with Crippen LogP contribution in [0.15, 0.2) is 24.3 Å². The Labute approximate surface area is 68.4 Å². The van der Waals surface area contributed by atoms with Crippen LogP contribution in [0.4, 0.5) is 0 Å². The van der Waals surface area contributed by atoms with Crippen molar-refractivity contribution in [1.29, 1.82) is 0 Å². The molecule has 0 spiro atoms. The van der Waals surface area contributed by atoms with Crippen LogP contribution < -0.4 is 0 Å². The van der Waals surface area contributed by atoms with E-state index in [0.717, 1.165) is 24.8 Å². The molecule has 0 radical (unpaired) electrons. The lowest BCUT2D eigenvalue weighted by molar-refractivity contribution is 0.141. The van der Waals surface area contributed by atoms with Crippen LogP contribution in [0.5, 0.6) is 0 Å². The molecule has 1 aliphatic rings. The molecule has 2 atom stereocenters. The number of hydrogen-bond donors (Lipinski definition) is 1. The van der Waals surface area contributed by atoms with Crippen molar-refractivity contribution in [2.45, 2.75) is 32.3 Å². The summed E-state index contributed by atoms with van der Waals surface area (Å²) >= 11 is 0. The standard InChI is InChI=1S/C10H16O/c1-4-9-7(2)5-6-8(3)10(9)11/h9-11H,2-6H2,1H3/t9-,10-/m1/s1. The summed E-state index contributed by atoms with van der Waals surface area (Å²) < 4.78 is 0. The van der Waals surface area contributed by atoms with Gasteiger partial charge in [0.05, 0.1) is 6.10 Å². The van der Waals surface area contributed by atoms with E-state index in [-0.39, 0.29) is 12.0 Å². The fraction of sp³-hybridized carbons (Fsp3) is 0.600. The molecule has 1 N–H and O–H groups in total. The molecule has 62 valence electrons. The molecule has 1 aliphatic carbocycles. The molecule has 0 amide bonds. The van der Waals surface area contributed by atoms with E-state index in [2.05, 4.69) is 20.1 Å². The number of hydrogen-bond acceptors (Lipinski definition) is 1. The molecular formula is C10H16O. The average molecular weight is 152 g/mol. The van der Waals surface area contributed by atoms with Crippen LogP contribution in [0, 0.1) is 5.92 Å². The Morgan fingerprint density at radius 2 is 1.91 bits per heavy atom. The predicted molar refractivity (Wildman–Crippen MR) is 47.3 cm³/mol. The molecular weight excluding hydrogens is 136 g/mol. The number of rotatable bonds is 1. The van der Waals surface area contributed by atoms with Crippen molar-refractivity contribution in [3.63, 3.8) is 0 Å². The Bertz CT molecular complexity index is 181. The van der Waals surface area contributed by atoms with Crippen molar-refractivity contribution in [3.05, 3.63) is 24.3 Å². The highest BCUT2D eigenvalue weighted by Gasteiger charge is 2.26. The Morgan fingerprint density at radius 3 is 2.36 bits per heavy atom. The molecule has 0 unspecified atom stereocenters. The fourth-order valence-corrected chi connectivity index (χ4v) is 1.67. The maximum absolute atomic E-state index is 9.65. The SMILES string of the molecule is C=C1CCC(=C)[C@@H](CC)[C@@H]1O. The minimum atomic E-state index is -0.332.